The van der Waals surface area contributed by atoms with Gasteiger partial charge in [0.15, 0.2) is 0 Å². The quantitative estimate of drug-likeness (QED) is 0.732. The summed E-state index contributed by atoms with van der Waals surface area (Å²) >= 11 is 0. The molecule has 6 heteroatoms. The molecule has 0 unspecified atom stereocenters. The van der Waals surface area contributed by atoms with Crippen LogP contribution in [0.15, 0.2) is 17.1 Å². The van der Waals surface area contributed by atoms with Crippen LogP contribution in [0.25, 0.3) is 0 Å². The van der Waals surface area contributed by atoms with E-state index in [9.17, 15) is 9.90 Å². The summed E-state index contributed by atoms with van der Waals surface area (Å²) in [7, 11) is 0. The van der Waals surface area contributed by atoms with Gasteiger partial charge >= 0.3 is 5.69 Å². The highest BCUT2D eigenvalue weighted by Gasteiger charge is 2.34. The van der Waals surface area contributed by atoms with Crippen molar-refractivity contribution in [1.82, 2.24) is 9.55 Å². The van der Waals surface area contributed by atoms with E-state index in [1.165, 1.54) is 10.6 Å². The Labute approximate surface area is 92.7 Å². The molecule has 88 valence electrons. The minimum absolute atomic E-state index is 0.187. The van der Waals surface area contributed by atoms with E-state index in [2.05, 4.69) is 4.98 Å². The van der Waals surface area contributed by atoms with Gasteiger partial charge in [0.25, 0.3) is 0 Å². The number of nitrogen functional groups attached to an aromatic ring is 1. The number of hydrogen-bond acceptors (Lipinski definition) is 5. The lowest BCUT2D eigenvalue weighted by molar-refractivity contribution is -0.0216. The lowest BCUT2D eigenvalue weighted by Crippen LogP contribution is -2.27. The summed E-state index contributed by atoms with van der Waals surface area (Å²) < 4.78 is 6.92. The molecule has 0 saturated carbocycles. The third kappa shape index (κ3) is 1.94. The zero-order chi connectivity index (χ0) is 11.7. The van der Waals surface area contributed by atoms with E-state index in [0.717, 1.165) is 6.42 Å². The Bertz CT molecular complexity index is 432. The van der Waals surface area contributed by atoms with Gasteiger partial charge in [-0.15, -0.1) is 0 Å². The fourth-order valence-corrected chi connectivity index (χ4v) is 1.90. The number of aliphatic hydroxyl groups excluding tert-OH is 1. The van der Waals surface area contributed by atoms with Crippen LogP contribution in [0.1, 0.15) is 26.0 Å². The molecule has 2 heterocycles. The number of nitrogens with two attached hydrogens (primary N) is 1. The molecule has 2 rings (SSSR count). The maximum Gasteiger partial charge on any atom is 0.351 e. The third-order valence-electron chi connectivity index (χ3n) is 2.77. The Hall–Kier alpha value is -1.40. The molecule has 1 fully saturated rings. The molecule has 0 radical (unpaired) electrons. The van der Waals surface area contributed by atoms with Crippen LogP contribution < -0.4 is 11.4 Å². The smallest absolute Gasteiger partial charge is 0.351 e. The number of rotatable bonds is 2. The SMILES string of the molecule is CC[C@@H]1O[C@H](n2ccc(N)nc2=O)C[C@H]1O. The first-order valence-corrected chi connectivity index (χ1v) is 5.30. The fraction of sp³-hybridized carbons (Fsp3) is 0.600. The van der Waals surface area contributed by atoms with E-state index in [4.69, 9.17) is 10.5 Å². The Morgan fingerprint density at radius 1 is 1.75 bits per heavy atom. The van der Waals surface area contributed by atoms with E-state index >= 15 is 0 Å². The van der Waals surface area contributed by atoms with Gasteiger partial charge in [0, 0.05) is 12.6 Å². The van der Waals surface area contributed by atoms with E-state index in [-0.39, 0.29) is 11.9 Å². The van der Waals surface area contributed by atoms with Gasteiger partial charge in [0.05, 0.1) is 12.2 Å². The average molecular weight is 225 g/mol. The lowest BCUT2D eigenvalue weighted by atomic mass is 10.1. The second-order valence-corrected chi connectivity index (χ2v) is 3.88. The zero-order valence-electron chi connectivity index (χ0n) is 9.04. The van der Waals surface area contributed by atoms with Gasteiger partial charge in [0.1, 0.15) is 12.0 Å². The van der Waals surface area contributed by atoms with Gasteiger partial charge in [0.2, 0.25) is 0 Å². The maximum atomic E-state index is 11.5. The Morgan fingerprint density at radius 2 is 2.50 bits per heavy atom. The highest BCUT2D eigenvalue weighted by atomic mass is 16.5. The number of nitrogens with zero attached hydrogens (tertiary/aromatic N) is 2. The van der Waals surface area contributed by atoms with Crippen molar-refractivity contribution in [2.45, 2.75) is 38.2 Å². The lowest BCUT2D eigenvalue weighted by Gasteiger charge is -2.14. The van der Waals surface area contributed by atoms with Crippen LogP contribution >= 0.6 is 0 Å². The number of ether oxygens (including phenoxy) is 1. The predicted molar refractivity (Wildman–Crippen MR) is 57.7 cm³/mol. The summed E-state index contributed by atoms with van der Waals surface area (Å²) in [5.41, 5.74) is 4.94. The van der Waals surface area contributed by atoms with Crippen molar-refractivity contribution in [1.29, 1.82) is 0 Å². The summed E-state index contributed by atoms with van der Waals surface area (Å²) in [5, 5.41) is 9.68. The summed E-state index contributed by atoms with van der Waals surface area (Å²) in [6, 6.07) is 1.54. The molecule has 1 aliphatic rings. The van der Waals surface area contributed by atoms with Crippen molar-refractivity contribution in [3.8, 4) is 0 Å². The maximum absolute atomic E-state index is 11.5. The zero-order valence-corrected chi connectivity index (χ0v) is 9.04. The predicted octanol–water partition coefficient (Wildman–Crippen LogP) is -0.116. The van der Waals surface area contributed by atoms with Crippen molar-refractivity contribution in [3.63, 3.8) is 0 Å². The van der Waals surface area contributed by atoms with E-state index in [1.807, 2.05) is 6.92 Å². The van der Waals surface area contributed by atoms with E-state index < -0.39 is 18.0 Å². The second kappa shape index (κ2) is 4.23. The average Bonchev–Trinajstić information content (AvgIpc) is 2.59. The first-order chi connectivity index (χ1) is 7.61. The summed E-state index contributed by atoms with van der Waals surface area (Å²) in [6.45, 7) is 1.93. The fourth-order valence-electron chi connectivity index (χ4n) is 1.90. The van der Waals surface area contributed by atoms with E-state index in [0.29, 0.717) is 6.42 Å². The molecule has 0 aromatic carbocycles. The molecule has 1 aromatic heterocycles. The Kier molecular flexibility index (Phi) is 2.93. The normalized spacial score (nSPS) is 29.5. The molecule has 0 aliphatic carbocycles. The first kappa shape index (κ1) is 11.1. The largest absolute Gasteiger partial charge is 0.390 e. The Balaban J connectivity index is 2.23. The molecule has 16 heavy (non-hydrogen) atoms. The molecule has 1 aromatic rings. The molecule has 3 N–H and O–H groups in total. The highest BCUT2D eigenvalue weighted by Crippen LogP contribution is 2.28. The number of hydrogen-bond donors (Lipinski definition) is 2. The van der Waals surface area contributed by atoms with Crippen LogP contribution in [0.2, 0.25) is 0 Å². The van der Waals surface area contributed by atoms with Crippen LogP contribution in [0.5, 0.6) is 0 Å². The standard InChI is InChI=1S/C10H15N3O3/c1-2-7-6(14)5-9(16-7)13-4-3-8(11)12-10(13)15/h3-4,6-7,9,14H,2,5H2,1H3,(H2,11,12,15)/t6-,7+,9+/m1/s1. The first-order valence-electron chi connectivity index (χ1n) is 5.30. The molecule has 1 saturated heterocycles. The molecule has 6 nitrogen and oxygen atoms in total. The van der Waals surface area contributed by atoms with Crippen molar-refractivity contribution < 1.29 is 9.84 Å². The van der Waals surface area contributed by atoms with Crippen molar-refractivity contribution in [2.75, 3.05) is 5.73 Å². The molecule has 0 bridgehead atoms. The number of anilines is 1. The molecule has 0 spiro atoms. The van der Waals surface area contributed by atoms with Crippen molar-refractivity contribution in [3.05, 3.63) is 22.7 Å². The highest BCUT2D eigenvalue weighted by molar-refractivity contribution is 5.23. The summed E-state index contributed by atoms with van der Waals surface area (Å²) in [4.78, 5) is 15.2. The van der Waals surface area contributed by atoms with Gasteiger partial charge in [-0.05, 0) is 12.5 Å². The second-order valence-electron chi connectivity index (χ2n) is 3.88. The topological polar surface area (TPSA) is 90.4 Å². The third-order valence-corrected chi connectivity index (χ3v) is 2.77. The van der Waals surface area contributed by atoms with Gasteiger partial charge in [-0.25, -0.2) is 4.79 Å². The summed E-state index contributed by atoms with van der Waals surface area (Å²) in [6.07, 6.45) is 1.48. The van der Waals surface area contributed by atoms with Gasteiger partial charge in [-0.2, -0.15) is 4.98 Å². The molecular weight excluding hydrogens is 210 g/mol. The van der Waals surface area contributed by atoms with Crippen LogP contribution in [0, 0.1) is 0 Å². The van der Waals surface area contributed by atoms with E-state index in [1.54, 1.807) is 6.20 Å². The van der Waals surface area contributed by atoms with Crippen molar-refractivity contribution >= 4 is 5.82 Å². The molecular formula is C10H15N3O3. The number of aliphatic hydroxyl groups is 1. The van der Waals surface area contributed by atoms with Gasteiger partial charge < -0.3 is 15.6 Å². The van der Waals surface area contributed by atoms with Gasteiger partial charge in [-0.1, -0.05) is 6.92 Å². The Morgan fingerprint density at radius 3 is 3.06 bits per heavy atom. The van der Waals surface area contributed by atoms with Crippen LogP contribution in [0.4, 0.5) is 5.82 Å². The minimum Gasteiger partial charge on any atom is -0.390 e. The van der Waals surface area contributed by atoms with Crippen LogP contribution in [-0.2, 0) is 4.74 Å². The van der Waals surface area contributed by atoms with Crippen LogP contribution in [0.3, 0.4) is 0 Å². The molecule has 0 amide bonds. The minimum atomic E-state index is -0.528. The molecule has 3 atom stereocenters. The van der Waals surface area contributed by atoms with Crippen LogP contribution in [-0.4, -0.2) is 26.9 Å². The number of aromatic nitrogens is 2. The molecule has 1 aliphatic heterocycles. The van der Waals surface area contributed by atoms with Crippen molar-refractivity contribution in [2.24, 2.45) is 0 Å². The monoisotopic (exact) mass is 225 g/mol. The summed E-state index contributed by atoms with van der Waals surface area (Å²) in [5.74, 6) is 0.187. The van der Waals surface area contributed by atoms with Gasteiger partial charge in [-0.3, -0.25) is 4.57 Å².